The van der Waals surface area contributed by atoms with Gasteiger partial charge in [-0.05, 0) is 37.9 Å². The number of likely N-dealkylation sites (N-methyl/N-ethyl adjacent to an activating group) is 1. The van der Waals surface area contributed by atoms with Crippen molar-refractivity contribution >= 4 is 5.82 Å². The van der Waals surface area contributed by atoms with E-state index >= 15 is 0 Å². The van der Waals surface area contributed by atoms with Gasteiger partial charge in [-0.3, -0.25) is 0 Å². The van der Waals surface area contributed by atoms with Crippen LogP contribution in [0.25, 0.3) is 0 Å². The normalized spacial score (nSPS) is 12.2. The summed E-state index contributed by atoms with van der Waals surface area (Å²) in [4.78, 5) is 6.77. The molecule has 102 valence electrons. The number of rotatable bonds is 5. The highest BCUT2D eigenvalue weighted by Crippen LogP contribution is 2.21. The van der Waals surface area contributed by atoms with Gasteiger partial charge >= 0.3 is 0 Å². The minimum atomic E-state index is 0.170. The predicted molar refractivity (Wildman–Crippen MR) is 79.2 cm³/mol. The standard InChI is InChI=1S/C15H27N3/c1-12(2)18(6)10-9-16-14-8-7-13(11-17-14)15(3,4)5/h7-8,11-12H,9-10H2,1-6H3,(H,16,17). The lowest BCUT2D eigenvalue weighted by atomic mass is 9.88. The molecule has 0 aliphatic rings. The largest absolute Gasteiger partial charge is 0.369 e. The van der Waals surface area contributed by atoms with Gasteiger partial charge in [0.2, 0.25) is 0 Å². The second-order valence-electron chi connectivity index (χ2n) is 6.18. The molecule has 1 N–H and O–H groups in total. The van der Waals surface area contributed by atoms with Crippen LogP contribution in [0.1, 0.15) is 40.2 Å². The maximum atomic E-state index is 4.46. The van der Waals surface area contributed by atoms with Crippen molar-refractivity contribution in [2.45, 2.75) is 46.1 Å². The van der Waals surface area contributed by atoms with E-state index in [2.05, 4.69) is 69.0 Å². The van der Waals surface area contributed by atoms with Gasteiger partial charge in [0.1, 0.15) is 5.82 Å². The average molecular weight is 249 g/mol. The molecule has 0 radical (unpaired) electrons. The van der Waals surface area contributed by atoms with Crippen molar-refractivity contribution in [2.75, 3.05) is 25.5 Å². The Hall–Kier alpha value is -1.09. The number of pyridine rings is 1. The van der Waals surface area contributed by atoms with E-state index < -0.39 is 0 Å². The van der Waals surface area contributed by atoms with Crippen molar-refractivity contribution < 1.29 is 0 Å². The molecule has 3 nitrogen and oxygen atoms in total. The molecule has 0 aliphatic carbocycles. The number of hydrogen-bond acceptors (Lipinski definition) is 3. The fraction of sp³-hybridized carbons (Fsp3) is 0.667. The lowest BCUT2D eigenvalue weighted by Gasteiger charge is -2.21. The first-order chi connectivity index (χ1) is 8.30. The summed E-state index contributed by atoms with van der Waals surface area (Å²) >= 11 is 0. The van der Waals surface area contributed by atoms with E-state index in [0.29, 0.717) is 6.04 Å². The van der Waals surface area contributed by atoms with Gasteiger partial charge in [0.15, 0.2) is 0 Å². The van der Waals surface area contributed by atoms with Crippen molar-refractivity contribution in [2.24, 2.45) is 0 Å². The van der Waals surface area contributed by atoms with Crippen LogP contribution in [-0.2, 0) is 5.41 Å². The van der Waals surface area contributed by atoms with Crippen LogP contribution < -0.4 is 5.32 Å². The number of anilines is 1. The van der Waals surface area contributed by atoms with E-state index in [1.807, 2.05) is 6.20 Å². The molecule has 0 saturated carbocycles. The summed E-state index contributed by atoms with van der Waals surface area (Å²) in [5.74, 6) is 0.958. The first kappa shape index (κ1) is 15.0. The highest BCUT2D eigenvalue weighted by atomic mass is 15.1. The van der Waals surface area contributed by atoms with E-state index in [1.54, 1.807) is 0 Å². The summed E-state index contributed by atoms with van der Waals surface area (Å²) < 4.78 is 0. The summed E-state index contributed by atoms with van der Waals surface area (Å²) in [5, 5.41) is 3.36. The van der Waals surface area contributed by atoms with Crippen LogP contribution in [0.5, 0.6) is 0 Å². The SMILES string of the molecule is CC(C)N(C)CCNc1ccc(C(C)(C)C)cn1. The summed E-state index contributed by atoms with van der Waals surface area (Å²) in [6.07, 6.45) is 1.97. The highest BCUT2D eigenvalue weighted by molar-refractivity contribution is 5.37. The first-order valence-corrected chi connectivity index (χ1v) is 6.71. The molecule has 1 aromatic heterocycles. The Labute approximate surface area is 112 Å². The maximum Gasteiger partial charge on any atom is 0.125 e. The Balaban J connectivity index is 2.45. The third kappa shape index (κ3) is 4.65. The Kier molecular flexibility index (Phi) is 5.15. The zero-order valence-electron chi connectivity index (χ0n) is 12.6. The van der Waals surface area contributed by atoms with E-state index in [-0.39, 0.29) is 5.41 Å². The van der Waals surface area contributed by atoms with Gasteiger partial charge in [-0.1, -0.05) is 26.8 Å². The Morgan fingerprint density at radius 2 is 1.94 bits per heavy atom. The van der Waals surface area contributed by atoms with Crippen molar-refractivity contribution in [3.63, 3.8) is 0 Å². The van der Waals surface area contributed by atoms with Crippen molar-refractivity contribution in [1.29, 1.82) is 0 Å². The van der Waals surface area contributed by atoms with Crippen LogP contribution in [0.3, 0.4) is 0 Å². The van der Waals surface area contributed by atoms with Crippen LogP contribution in [0.4, 0.5) is 5.82 Å². The number of hydrogen-bond donors (Lipinski definition) is 1. The van der Waals surface area contributed by atoms with Crippen LogP contribution in [0, 0.1) is 0 Å². The Bertz CT molecular complexity index is 349. The Morgan fingerprint density at radius 1 is 1.28 bits per heavy atom. The molecule has 1 rings (SSSR count). The lowest BCUT2D eigenvalue weighted by Crippen LogP contribution is -2.31. The third-order valence-corrected chi connectivity index (χ3v) is 3.28. The van der Waals surface area contributed by atoms with Crippen LogP contribution in [0.15, 0.2) is 18.3 Å². The van der Waals surface area contributed by atoms with Crippen molar-refractivity contribution in [3.8, 4) is 0 Å². The molecule has 0 atom stereocenters. The minimum absolute atomic E-state index is 0.170. The zero-order valence-corrected chi connectivity index (χ0v) is 12.6. The quantitative estimate of drug-likeness (QED) is 0.869. The second kappa shape index (κ2) is 6.19. The number of aromatic nitrogens is 1. The smallest absolute Gasteiger partial charge is 0.125 e. The molecule has 0 fully saturated rings. The fourth-order valence-corrected chi connectivity index (χ4v) is 1.56. The molecule has 1 aromatic rings. The second-order valence-corrected chi connectivity index (χ2v) is 6.18. The molecule has 0 unspecified atom stereocenters. The zero-order chi connectivity index (χ0) is 13.8. The van der Waals surface area contributed by atoms with Gasteiger partial charge in [-0.15, -0.1) is 0 Å². The average Bonchev–Trinajstić information content (AvgIpc) is 2.28. The number of nitrogens with one attached hydrogen (secondary N) is 1. The molecule has 0 amide bonds. The molecule has 0 aliphatic heterocycles. The Morgan fingerprint density at radius 3 is 2.39 bits per heavy atom. The molecule has 1 heterocycles. The minimum Gasteiger partial charge on any atom is -0.369 e. The van der Waals surface area contributed by atoms with Gasteiger partial charge in [-0.2, -0.15) is 0 Å². The summed E-state index contributed by atoms with van der Waals surface area (Å²) in [5.41, 5.74) is 1.44. The highest BCUT2D eigenvalue weighted by Gasteiger charge is 2.13. The fourth-order valence-electron chi connectivity index (χ4n) is 1.56. The molecular formula is C15H27N3. The maximum absolute atomic E-state index is 4.46. The first-order valence-electron chi connectivity index (χ1n) is 6.71. The molecular weight excluding hydrogens is 222 g/mol. The molecule has 0 bridgehead atoms. The third-order valence-electron chi connectivity index (χ3n) is 3.28. The van der Waals surface area contributed by atoms with Crippen LogP contribution >= 0.6 is 0 Å². The summed E-state index contributed by atoms with van der Waals surface area (Å²) in [6.45, 7) is 13.0. The number of nitrogens with zero attached hydrogens (tertiary/aromatic N) is 2. The molecule has 3 heteroatoms. The lowest BCUT2D eigenvalue weighted by molar-refractivity contribution is 0.284. The summed E-state index contributed by atoms with van der Waals surface area (Å²) in [6, 6.07) is 4.81. The molecule has 0 saturated heterocycles. The van der Waals surface area contributed by atoms with Gasteiger partial charge in [0, 0.05) is 25.3 Å². The topological polar surface area (TPSA) is 28.2 Å². The van der Waals surface area contributed by atoms with Crippen LogP contribution in [-0.4, -0.2) is 36.1 Å². The van der Waals surface area contributed by atoms with E-state index in [4.69, 9.17) is 0 Å². The van der Waals surface area contributed by atoms with E-state index in [1.165, 1.54) is 5.56 Å². The van der Waals surface area contributed by atoms with Crippen molar-refractivity contribution in [1.82, 2.24) is 9.88 Å². The molecule has 0 spiro atoms. The van der Waals surface area contributed by atoms with Crippen LogP contribution in [0.2, 0.25) is 0 Å². The van der Waals surface area contributed by atoms with E-state index in [0.717, 1.165) is 18.9 Å². The van der Waals surface area contributed by atoms with Gasteiger partial charge in [0.05, 0.1) is 0 Å². The molecule has 0 aromatic carbocycles. The predicted octanol–water partition coefficient (Wildman–Crippen LogP) is 3.13. The van der Waals surface area contributed by atoms with Gasteiger partial charge in [-0.25, -0.2) is 4.98 Å². The summed E-state index contributed by atoms with van der Waals surface area (Å²) in [7, 11) is 2.14. The monoisotopic (exact) mass is 249 g/mol. The molecule has 18 heavy (non-hydrogen) atoms. The van der Waals surface area contributed by atoms with Crippen molar-refractivity contribution in [3.05, 3.63) is 23.9 Å². The van der Waals surface area contributed by atoms with Gasteiger partial charge < -0.3 is 10.2 Å². The van der Waals surface area contributed by atoms with E-state index in [9.17, 15) is 0 Å². The van der Waals surface area contributed by atoms with Gasteiger partial charge in [0.25, 0.3) is 0 Å².